The van der Waals surface area contributed by atoms with Crippen molar-refractivity contribution in [2.45, 2.75) is 37.8 Å². The van der Waals surface area contributed by atoms with Gasteiger partial charge in [0, 0.05) is 4.47 Å². The van der Waals surface area contributed by atoms with Crippen molar-refractivity contribution in [3.05, 3.63) is 33.3 Å². The standard InChI is InChI=1S/C13H17BrClNO/c14-10-7-9(5-6-11(10)15)12(16)13(17)8-3-1-2-4-8/h5-8,12-13,17H,1-4,16H2/t12-,13+/m1/s1. The largest absolute Gasteiger partial charge is 0.391 e. The van der Waals surface area contributed by atoms with Crippen molar-refractivity contribution in [2.75, 3.05) is 0 Å². The van der Waals surface area contributed by atoms with E-state index >= 15 is 0 Å². The highest BCUT2D eigenvalue weighted by Crippen LogP contribution is 2.34. The molecule has 0 bridgehead atoms. The van der Waals surface area contributed by atoms with E-state index in [1.807, 2.05) is 18.2 Å². The summed E-state index contributed by atoms with van der Waals surface area (Å²) >= 11 is 9.32. The molecule has 2 rings (SSSR count). The predicted molar refractivity (Wildman–Crippen MR) is 74.0 cm³/mol. The molecule has 0 aromatic heterocycles. The minimum absolute atomic E-state index is 0.327. The van der Waals surface area contributed by atoms with E-state index in [1.165, 1.54) is 12.8 Å². The van der Waals surface area contributed by atoms with E-state index in [9.17, 15) is 5.11 Å². The molecule has 2 nitrogen and oxygen atoms in total. The number of rotatable bonds is 3. The molecular formula is C13H17BrClNO. The summed E-state index contributed by atoms with van der Waals surface area (Å²) in [5, 5.41) is 10.9. The molecule has 4 heteroatoms. The normalized spacial score (nSPS) is 20.5. The van der Waals surface area contributed by atoms with Crippen molar-refractivity contribution in [3.63, 3.8) is 0 Å². The predicted octanol–water partition coefficient (Wildman–Crippen LogP) is 3.65. The molecule has 1 aromatic carbocycles. The molecule has 17 heavy (non-hydrogen) atoms. The van der Waals surface area contributed by atoms with Crippen LogP contribution in [-0.2, 0) is 0 Å². The fraction of sp³-hybridized carbons (Fsp3) is 0.538. The van der Waals surface area contributed by atoms with E-state index in [1.54, 1.807) is 0 Å². The maximum Gasteiger partial charge on any atom is 0.0760 e. The van der Waals surface area contributed by atoms with Gasteiger partial charge < -0.3 is 10.8 Å². The third-order valence-electron chi connectivity index (χ3n) is 3.58. The molecule has 1 aliphatic rings. The Labute approximate surface area is 115 Å². The van der Waals surface area contributed by atoms with Gasteiger partial charge in [-0.2, -0.15) is 0 Å². The molecule has 1 fully saturated rings. The van der Waals surface area contributed by atoms with Crippen LogP contribution in [0.25, 0.3) is 0 Å². The Kier molecular flexibility index (Phi) is 4.47. The van der Waals surface area contributed by atoms with Gasteiger partial charge in [-0.25, -0.2) is 0 Å². The van der Waals surface area contributed by atoms with E-state index in [0.29, 0.717) is 10.9 Å². The second kappa shape index (κ2) is 5.70. The van der Waals surface area contributed by atoms with Crippen LogP contribution in [0.4, 0.5) is 0 Å². The summed E-state index contributed by atoms with van der Waals surface area (Å²) in [6.07, 6.45) is 4.13. The maximum atomic E-state index is 10.3. The van der Waals surface area contributed by atoms with Gasteiger partial charge in [-0.05, 0) is 52.4 Å². The van der Waals surface area contributed by atoms with E-state index in [0.717, 1.165) is 22.9 Å². The van der Waals surface area contributed by atoms with Crippen LogP contribution < -0.4 is 5.73 Å². The topological polar surface area (TPSA) is 46.2 Å². The lowest BCUT2D eigenvalue weighted by Crippen LogP contribution is -2.31. The zero-order chi connectivity index (χ0) is 12.4. The molecule has 1 aliphatic carbocycles. The Balaban J connectivity index is 2.12. The Morgan fingerprint density at radius 2 is 2.00 bits per heavy atom. The highest BCUT2D eigenvalue weighted by Gasteiger charge is 2.28. The number of aliphatic hydroxyl groups excluding tert-OH is 1. The molecule has 0 amide bonds. The molecule has 2 atom stereocenters. The second-order valence-corrected chi connectivity index (χ2v) is 6.00. The van der Waals surface area contributed by atoms with Crippen LogP contribution >= 0.6 is 27.5 Å². The molecule has 94 valence electrons. The Morgan fingerprint density at radius 1 is 1.35 bits per heavy atom. The van der Waals surface area contributed by atoms with Crippen LogP contribution in [-0.4, -0.2) is 11.2 Å². The molecule has 0 unspecified atom stereocenters. The Morgan fingerprint density at radius 3 is 2.59 bits per heavy atom. The first-order valence-electron chi connectivity index (χ1n) is 5.98. The number of hydrogen-bond acceptors (Lipinski definition) is 2. The molecule has 0 radical (unpaired) electrons. The van der Waals surface area contributed by atoms with E-state index in [-0.39, 0.29) is 6.04 Å². The third-order valence-corrected chi connectivity index (χ3v) is 4.79. The minimum Gasteiger partial charge on any atom is -0.391 e. The summed E-state index contributed by atoms with van der Waals surface area (Å²) in [6.45, 7) is 0. The zero-order valence-electron chi connectivity index (χ0n) is 9.57. The van der Waals surface area contributed by atoms with E-state index in [2.05, 4.69) is 15.9 Å². The fourth-order valence-electron chi connectivity index (χ4n) is 2.51. The van der Waals surface area contributed by atoms with Crippen LogP contribution in [0.5, 0.6) is 0 Å². The van der Waals surface area contributed by atoms with Gasteiger partial charge in [-0.3, -0.25) is 0 Å². The fourth-order valence-corrected chi connectivity index (χ4v) is 3.02. The average molecular weight is 319 g/mol. The Hall–Kier alpha value is -0.0900. The van der Waals surface area contributed by atoms with Crippen LogP contribution in [0.1, 0.15) is 37.3 Å². The smallest absolute Gasteiger partial charge is 0.0760 e. The van der Waals surface area contributed by atoms with Gasteiger partial charge in [-0.1, -0.05) is 30.5 Å². The molecule has 0 aliphatic heterocycles. The van der Waals surface area contributed by atoms with Crippen molar-refractivity contribution in [1.82, 2.24) is 0 Å². The van der Waals surface area contributed by atoms with Crippen molar-refractivity contribution in [3.8, 4) is 0 Å². The number of halogens is 2. The highest BCUT2D eigenvalue weighted by atomic mass is 79.9. The van der Waals surface area contributed by atoms with E-state index < -0.39 is 6.10 Å². The summed E-state index contributed by atoms with van der Waals surface area (Å²) < 4.78 is 0.825. The van der Waals surface area contributed by atoms with Crippen LogP contribution in [0.3, 0.4) is 0 Å². The van der Waals surface area contributed by atoms with Crippen LogP contribution in [0.2, 0.25) is 5.02 Å². The lowest BCUT2D eigenvalue weighted by molar-refractivity contribution is 0.0845. The number of aliphatic hydroxyl groups is 1. The summed E-state index contributed by atoms with van der Waals surface area (Å²) in [6, 6.07) is 5.26. The first-order chi connectivity index (χ1) is 8.09. The van der Waals surface area contributed by atoms with Crippen molar-refractivity contribution >= 4 is 27.5 Å². The summed E-state index contributed by atoms with van der Waals surface area (Å²) in [5.41, 5.74) is 7.05. The van der Waals surface area contributed by atoms with Gasteiger partial charge in [0.05, 0.1) is 17.2 Å². The zero-order valence-corrected chi connectivity index (χ0v) is 11.9. The molecular weight excluding hydrogens is 302 g/mol. The highest BCUT2D eigenvalue weighted by molar-refractivity contribution is 9.10. The van der Waals surface area contributed by atoms with Gasteiger partial charge in [0.15, 0.2) is 0 Å². The molecule has 1 aromatic rings. The first kappa shape index (κ1) is 13.3. The van der Waals surface area contributed by atoms with Crippen molar-refractivity contribution in [1.29, 1.82) is 0 Å². The summed E-state index contributed by atoms with van der Waals surface area (Å²) in [4.78, 5) is 0. The SMILES string of the molecule is N[C@H](c1ccc(Cl)c(Br)c1)[C@@H](O)C1CCCC1. The molecule has 1 saturated carbocycles. The molecule has 3 N–H and O–H groups in total. The van der Waals surface area contributed by atoms with E-state index in [4.69, 9.17) is 17.3 Å². The van der Waals surface area contributed by atoms with Gasteiger partial charge >= 0.3 is 0 Å². The van der Waals surface area contributed by atoms with Crippen molar-refractivity contribution in [2.24, 2.45) is 11.7 Å². The maximum absolute atomic E-state index is 10.3. The monoisotopic (exact) mass is 317 g/mol. The number of nitrogens with two attached hydrogens (primary N) is 1. The Bertz CT molecular complexity index is 393. The summed E-state index contributed by atoms with van der Waals surface area (Å²) in [5.74, 6) is 0.347. The first-order valence-corrected chi connectivity index (χ1v) is 7.15. The molecule has 0 saturated heterocycles. The third kappa shape index (κ3) is 3.02. The second-order valence-electron chi connectivity index (χ2n) is 4.73. The van der Waals surface area contributed by atoms with Gasteiger partial charge in [-0.15, -0.1) is 0 Å². The summed E-state index contributed by atoms with van der Waals surface area (Å²) in [7, 11) is 0. The van der Waals surface area contributed by atoms with Crippen molar-refractivity contribution < 1.29 is 5.11 Å². The van der Waals surface area contributed by atoms with Gasteiger partial charge in [0.25, 0.3) is 0 Å². The molecule has 0 heterocycles. The van der Waals surface area contributed by atoms with Gasteiger partial charge in [0.1, 0.15) is 0 Å². The molecule has 0 spiro atoms. The van der Waals surface area contributed by atoms with Crippen LogP contribution in [0, 0.1) is 5.92 Å². The van der Waals surface area contributed by atoms with Gasteiger partial charge in [0.2, 0.25) is 0 Å². The quantitative estimate of drug-likeness (QED) is 0.893. The minimum atomic E-state index is -0.453. The lowest BCUT2D eigenvalue weighted by atomic mass is 9.91. The average Bonchev–Trinajstić information content (AvgIpc) is 2.84. The van der Waals surface area contributed by atoms with Crippen LogP contribution in [0.15, 0.2) is 22.7 Å². The number of benzene rings is 1. The lowest BCUT2D eigenvalue weighted by Gasteiger charge is -2.24. The number of hydrogen-bond donors (Lipinski definition) is 2.